The van der Waals surface area contributed by atoms with Gasteiger partial charge in [0.1, 0.15) is 0 Å². The molecule has 0 aromatic rings. The number of hydrogen-bond donors (Lipinski definition) is 1. The van der Waals surface area contributed by atoms with E-state index in [0.29, 0.717) is 5.54 Å². The summed E-state index contributed by atoms with van der Waals surface area (Å²) in [6.07, 6.45) is 8.37. The Bertz CT molecular complexity index is 285. The lowest BCUT2D eigenvalue weighted by molar-refractivity contribution is 0.0726. The number of hydrogen-bond acceptors (Lipinski definition) is 2. The molecule has 2 nitrogen and oxygen atoms in total. The van der Waals surface area contributed by atoms with E-state index in [1.807, 2.05) is 0 Å². The molecule has 1 aliphatic heterocycles. The Balaban J connectivity index is 2.07. The standard InChI is InChI=1S/C13H22N2/c1-5-12(2,3)15-9-8-14-13(4,10-15)11-6-7-11/h1,11,14H,6-10H2,2-4H3. The Morgan fingerprint density at radius 3 is 2.67 bits per heavy atom. The van der Waals surface area contributed by atoms with Crippen LogP contribution in [0.1, 0.15) is 33.6 Å². The van der Waals surface area contributed by atoms with Crippen molar-refractivity contribution >= 4 is 0 Å². The van der Waals surface area contributed by atoms with E-state index >= 15 is 0 Å². The van der Waals surface area contributed by atoms with Crippen molar-refractivity contribution in [3.63, 3.8) is 0 Å². The molecule has 1 aliphatic carbocycles. The molecule has 1 N–H and O–H groups in total. The first-order valence-corrected chi connectivity index (χ1v) is 5.96. The second-order valence-corrected chi connectivity index (χ2v) is 5.74. The van der Waals surface area contributed by atoms with Gasteiger partial charge in [0, 0.05) is 25.2 Å². The summed E-state index contributed by atoms with van der Waals surface area (Å²) >= 11 is 0. The van der Waals surface area contributed by atoms with E-state index in [9.17, 15) is 0 Å². The van der Waals surface area contributed by atoms with E-state index in [0.717, 1.165) is 25.6 Å². The number of rotatable bonds is 2. The fourth-order valence-electron chi connectivity index (χ4n) is 2.57. The van der Waals surface area contributed by atoms with Crippen LogP contribution in [-0.2, 0) is 0 Å². The summed E-state index contributed by atoms with van der Waals surface area (Å²) in [6, 6.07) is 0. The monoisotopic (exact) mass is 206 g/mol. The maximum Gasteiger partial charge on any atom is 0.0767 e. The molecule has 0 aromatic carbocycles. The quantitative estimate of drug-likeness (QED) is 0.688. The van der Waals surface area contributed by atoms with E-state index < -0.39 is 0 Å². The van der Waals surface area contributed by atoms with Gasteiger partial charge in [0.2, 0.25) is 0 Å². The van der Waals surface area contributed by atoms with Crippen LogP contribution in [-0.4, -0.2) is 35.6 Å². The van der Waals surface area contributed by atoms with Crippen molar-refractivity contribution in [3.05, 3.63) is 0 Å². The van der Waals surface area contributed by atoms with Crippen LogP contribution in [0.2, 0.25) is 0 Å². The normalized spacial score (nSPS) is 33.7. The van der Waals surface area contributed by atoms with E-state index in [2.05, 4.69) is 36.9 Å². The Morgan fingerprint density at radius 1 is 1.47 bits per heavy atom. The van der Waals surface area contributed by atoms with Gasteiger partial charge in [-0.25, -0.2) is 0 Å². The number of terminal acetylenes is 1. The van der Waals surface area contributed by atoms with Crippen molar-refractivity contribution in [1.82, 2.24) is 10.2 Å². The number of piperazine rings is 1. The molecule has 2 fully saturated rings. The number of nitrogens with one attached hydrogen (secondary N) is 1. The largest absolute Gasteiger partial charge is 0.309 e. The van der Waals surface area contributed by atoms with Gasteiger partial charge in [-0.05, 0) is 39.5 Å². The molecule has 1 saturated carbocycles. The van der Waals surface area contributed by atoms with Gasteiger partial charge in [-0.3, -0.25) is 4.90 Å². The Hall–Kier alpha value is -0.520. The van der Waals surface area contributed by atoms with Gasteiger partial charge in [-0.2, -0.15) is 0 Å². The van der Waals surface area contributed by atoms with E-state index in [1.54, 1.807) is 0 Å². The fourth-order valence-corrected chi connectivity index (χ4v) is 2.57. The molecule has 2 rings (SSSR count). The summed E-state index contributed by atoms with van der Waals surface area (Å²) in [5.41, 5.74) is 0.199. The molecule has 2 aliphatic rings. The average Bonchev–Trinajstić information content (AvgIpc) is 3.01. The first-order valence-electron chi connectivity index (χ1n) is 5.96. The van der Waals surface area contributed by atoms with Crippen LogP contribution in [0.4, 0.5) is 0 Å². The third kappa shape index (κ3) is 2.04. The van der Waals surface area contributed by atoms with Gasteiger partial charge in [0.15, 0.2) is 0 Å². The van der Waals surface area contributed by atoms with E-state index in [-0.39, 0.29) is 5.54 Å². The van der Waals surface area contributed by atoms with Crippen molar-refractivity contribution in [2.45, 2.75) is 44.7 Å². The maximum atomic E-state index is 5.61. The molecule has 1 heterocycles. The third-order valence-electron chi connectivity index (χ3n) is 4.05. The lowest BCUT2D eigenvalue weighted by Gasteiger charge is -2.47. The van der Waals surface area contributed by atoms with Crippen molar-refractivity contribution < 1.29 is 0 Å². The van der Waals surface area contributed by atoms with Gasteiger partial charge in [-0.15, -0.1) is 6.42 Å². The van der Waals surface area contributed by atoms with Crippen molar-refractivity contribution in [2.24, 2.45) is 5.92 Å². The van der Waals surface area contributed by atoms with Gasteiger partial charge in [0.25, 0.3) is 0 Å². The molecule has 1 unspecified atom stereocenters. The van der Waals surface area contributed by atoms with Crippen LogP contribution >= 0.6 is 0 Å². The zero-order valence-electron chi connectivity index (χ0n) is 10.1. The summed E-state index contributed by atoms with van der Waals surface area (Å²) in [5.74, 6) is 3.78. The van der Waals surface area contributed by atoms with Crippen molar-refractivity contribution in [1.29, 1.82) is 0 Å². The SMILES string of the molecule is C#CC(C)(C)N1CCNC(C)(C2CC2)C1. The van der Waals surface area contributed by atoms with Gasteiger partial charge < -0.3 is 5.32 Å². The third-order valence-corrected chi connectivity index (χ3v) is 4.05. The molecule has 0 bridgehead atoms. The molecule has 0 aromatic heterocycles. The highest BCUT2D eigenvalue weighted by molar-refractivity contribution is 5.12. The summed E-state index contributed by atoms with van der Waals surface area (Å²) in [7, 11) is 0. The van der Waals surface area contributed by atoms with Crippen LogP contribution in [0.25, 0.3) is 0 Å². The summed E-state index contributed by atoms with van der Waals surface area (Å²) < 4.78 is 0. The van der Waals surface area contributed by atoms with Crippen LogP contribution < -0.4 is 5.32 Å². The zero-order chi connectivity index (χ0) is 11.1. The predicted octanol–water partition coefficient (Wildman–Crippen LogP) is 1.47. The minimum absolute atomic E-state index is 0.0990. The van der Waals surface area contributed by atoms with E-state index in [4.69, 9.17) is 6.42 Å². The smallest absolute Gasteiger partial charge is 0.0767 e. The average molecular weight is 206 g/mol. The highest BCUT2D eigenvalue weighted by Crippen LogP contribution is 2.41. The second kappa shape index (κ2) is 3.50. The molecule has 15 heavy (non-hydrogen) atoms. The van der Waals surface area contributed by atoms with Crippen LogP contribution in [0.15, 0.2) is 0 Å². The maximum absolute atomic E-state index is 5.61. The van der Waals surface area contributed by atoms with Crippen molar-refractivity contribution in [3.8, 4) is 12.3 Å². The zero-order valence-corrected chi connectivity index (χ0v) is 10.1. The molecule has 1 atom stereocenters. The van der Waals surface area contributed by atoms with E-state index in [1.165, 1.54) is 12.8 Å². The lowest BCUT2D eigenvalue weighted by Crippen LogP contribution is -2.64. The summed E-state index contributed by atoms with van der Waals surface area (Å²) in [5, 5.41) is 3.67. The summed E-state index contributed by atoms with van der Waals surface area (Å²) in [4.78, 5) is 2.45. The number of nitrogens with zero attached hydrogens (tertiary/aromatic N) is 1. The van der Waals surface area contributed by atoms with Crippen LogP contribution in [0.3, 0.4) is 0 Å². The topological polar surface area (TPSA) is 15.3 Å². The van der Waals surface area contributed by atoms with Gasteiger partial charge >= 0.3 is 0 Å². The predicted molar refractivity (Wildman–Crippen MR) is 63.6 cm³/mol. The molecule has 2 heteroatoms. The molecule has 0 amide bonds. The first-order chi connectivity index (χ1) is 6.98. The Morgan fingerprint density at radius 2 is 2.13 bits per heavy atom. The minimum atomic E-state index is -0.0990. The Labute approximate surface area is 93.4 Å². The molecule has 0 spiro atoms. The van der Waals surface area contributed by atoms with Gasteiger partial charge in [-0.1, -0.05) is 5.92 Å². The van der Waals surface area contributed by atoms with Crippen LogP contribution in [0, 0.1) is 18.3 Å². The molecule has 84 valence electrons. The molecule has 1 saturated heterocycles. The van der Waals surface area contributed by atoms with Gasteiger partial charge in [0.05, 0.1) is 5.54 Å². The molecular weight excluding hydrogens is 184 g/mol. The summed E-state index contributed by atoms with van der Waals surface area (Å²) in [6.45, 7) is 9.87. The molecule has 0 radical (unpaired) electrons. The highest BCUT2D eigenvalue weighted by Gasteiger charge is 2.45. The molecular formula is C13H22N2. The highest BCUT2D eigenvalue weighted by atomic mass is 15.3. The Kier molecular flexibility index (Phi) is 2.56. The second-order valence-electron chi connectivity index (χ2n) is 5.74. The van der Waals surface area contributed by atoms with Crippen LogP contribution in [0.5, 0.6) is 0 Å². The van der Waals surface area contributed by atoms with Crippen molar-refractivity contribution in [2.75, 3.05) is 19.6 Å². The minimum Gasteiger partial charge on any atom is -0.309 e. The first kappa shape index (κ1) is 11.0. The fraction of sp³-hybridized carbons (Fsp3) is 0.846. The lowest BCUT2D eigenvalue weighted by atomic mass is 9.90.